The topological polar surface area (TPSA) is 50.9 Å². The fourth-order valence-electron chi connectivity index (χ4n) is 8.20. The van der Waals surface area contributed by atoms with Crippen LogP contribution in [0.2, 0.25) is 0 Å². The highest BCUT2D eigenvalue weighted by atomic mass is 16.3. The SMILES string of the molecule is [2H]C([2H])([2H])c1ccc(-c2ccnc(-c3cc(-c4cccc5c4nc(-c4cc(C(C)(C)C)cc(C(C)(C)C)c4O)n5-c4ccc(-c5ccccc5)cc4C(C([2H])([2H])[2H])(C([2H])([2H])[2H])C([2H])([2H])[2H])cc(C(C)(C)C)c3)c2)cc1. The van der Waals surface area contributed by atoms with E-state index in [-0.39, 0.29) is 33.8 Å². The van der Waals surface area contributed by atoms with Gasteiger partial charge >= 0.3 is 0 Å². The van der Waals surface area contributed by atoms with Crippen molar-refractivity contribution in [2.45, 2.75) is 111 Å². The van der Waals surface area contributed by atoms with Gasteiger partial charge in [-0.25, -0.2) is 4.98 Å². The lowest BCUT2D eigenvalue weighted by molar-refractivity contribution is 0.446. The van der Waals surface area contributed by atoms with E-state index < -0.39 is 49.2 Å². The molecule has 1 N–H and O–H groups in total. The van der Waals surface area contributed by atoms with Crippen LogP contribution in [0.15, 0.2) is 140 Å². The number of nitrogens with zero attached hydrogens (tertiary/aromatic N) is 3. The fraction of sp³-hybridized carbons (Fsp3) is 0.288. The summed E-state index contributed by atoms with van der Waals surface area (Å²) in [5.74, 6) is 0.0303. The van der Waals surface area contributed by atoms with Crippen molar-refractivity contribution in [2.24, 2.45) is 0 Å². The molecule has 4 heteroatoms. The maximum atomic E-state index is 12.6. The van der Waals surface area contributed by atoms with E-state index in [9.17, 15) is 5.11 Å². The number of benzene rings is 6. The summed E-state index contributed by atoms with van der Waals surface area (Å²) in [6.45, 7) is 5.29. The minimum absolute atomic E-state index is 0.0531. The van der Waals surface area contributed by atoms with Crippen molar-refractivity contribution >= 4 is 11.0 Å². The number of imidazole rings is 1. The molecule has 0 saturated carbocycles. The molecule has 0 aliphatic heterocycles. The van der Waals surface area contributed by atoms with Gasteiger partial charge in [0.05, 0.1) is 28.0 Å². The first-order chi connectivity index (χ1) is 34.5. The van der Waals surface area contributed by atoms with Gasteiger partial charge < -0.3 is 5.11 Å². The standard InChI is InChI=1S/C59H63N3O/c1-37-22-24-39(25-23-37)41-28-29-60-50(34-41)43-30-42(31-44(32-43)56(2,3)4)46-20-17-21-52-53(46)61-55(47-35-45(57(5,6)7)36-49(54(47)63)59(11,12)13)62(52)51-27-26-40(33-48(51)58(8,9)10)38-18-15-14-16-19-38/h14-36,63H,1-13H3/i1D3,8D3,9D3,10D3. The lowest BCUT2D eigenvalue weighted by Crippen LogP contribution is -2.18. The van der Waals surface area contributed by atoms with Crippen molar-refractivity contribution in [2.75, 3.05) is 0 Å². The Morgan fingerprint density at radius 2 is 1.16 bits per heavy atom. The van der Waals surface area contributed by atoms with Crippen LogP contribution in [0.4, 0.5) is 0 Å². The first-order valence-corrected chi connectivity index (χ1v) is 21.4. The number of pyridine rings is 1. The molecule has 0 aliphatic carbocycles. The van der Waals surface area contributed by atoms with Crippen LogP contribution < -0.4 is 0 Å². The second kappa shape index (κ2) is 15.8. The molecule has 0 aliphatic rings. The number of rotatable bonds is 6. The van der Waals surface area contributed by atoms with Gasteiger partial charge in [-0.15, -0.1) is 0 Å². The summed E-state index contributed by atoms with van der Waals surface area (Å²) in [6, 6.07) is 39.7. The Hall–Kier alpha value is -6.26. The summed E-state index contributed by atoms with van der Waals surface area (Å²) < 4.78 is 106. The van der Waals surface area contributed by atoms with E-state index in [4.69, 9.17) is 26.4 Å². The van der Waals surface area contributed by atoms with Gasteiger partial charge in [-0.1, -0.05) is 173 Å². The lowest BCUT2D eigenvalue weighted by Gasteiger charge is -2.28. The average molecular weight is 842 g/mol. The zero-order valence-corrected chi connectivity index (χ0v) is 37.6. The van der Waals surface area contributed by atoms with Crippen LogP contribution in [0.1, 0.15) is 127 Å². The molecule has 0 atom stereocenters. The molecular weight excluding hydrogens is 767 g/mol. The lowest BCUT2D eigenvalue weighted by atomic mass is 9.78. The Morgan fingerprint density at radius 3 is 1.83 bits per heavy atom. The Morgan fingerprint density at radius 1 is 0.508 bits per heavy atom. The van der Waals surface area contributed by atoms with E-state index in [1.807, 2.05) is 63.2 Å². The van der Waals surface area contributed by atoms with Crippen molar-refractivity contribution in [1.82, 2.24) is 14.5 Å². The monoisotopic (exact) mass is 842 g/mol. The second-order valence-electron chi connectivity index (χ2n) is 19.8. The van der Waals surface area contributed by atoms with Gasteiger partial charge in [-0.2, -0.15) is 0 Å². The fourth-order valence-corrected chi connectivity index (χ4v) is 8.20. The van der Waals surface area contributed by atoms with Crippen LogP contribution in [-0.2, 0) is 21.7 Å². The molecule has 0 unspecified atom stereocenters. The van der Waals surface area contributed by atoms with Gasteiger partial charge in [-0.05, 0) is 122 Å². The van der Waals surface area contributed by atoms with Gasteiger partial charge in [0.1, 0.15) is 11.6 Å². The Bertz CT molecular complexity index is 3400. The number of phenolic OH excluding ortho intramolecular Hbond substituents is 1. The van der Waals surface area contributed by atoms with Crippen LogP contribution in [0, 0.1) is 6.85 Å². The summed E-state index contributed by atoms with van der Waals surface area (Å²) in [7, 11) is 0. The minimum atomic E-state index is -3.63. The normalized spacial score (nSPS) is 16.2. The smallest absolute Gasteiger partial charge is 0.149 e. The van der Waals surface area contributed by atoms with Crippen molar-refractivity contribution in [3.63, 3.8) is 0 Å². The highest BCUT2D eigenvalue weighted by molar-refractivity contribution is 5.97. The molecule has 0 spiro atoms. The Kier molecular flexibility index (Phi) is 7.72. The first kappa shape index (κ1) is 30.7. The molecule has 2 aromatic heterocycles. The number of aromatic hydroxyl groups is 1. The third-order valence-electron chi connectivity index (χ3n) is 11.8. The molecule has 0 radical (unpaired) electrons. The van der Waals surface area contributed by atoms with E-state index in [0.717, 1.165) is 33.4 Å². The zero-order chi connectivity index (χ0) is 55.2. The van der Waals surface area contributed by atoms with Crippen LogP contribution in [0.3, 0.4) is 0 Å². The molecule has 2 heterocycles. The second-order valence-corrected chi connectivity index (χ2v) is 19.8. The third-order valence-corrected chi connectivity index (χ3v) is 11.8. The average Bonchev–Trinajstić information content (AvgIpc) is 3.68. The number of hydrogen-bond donors (Lipinski definition) is 1. The van der Waals surface area contributed by atoms with E-state index in [0.29, 0.717) is 39.0 Å². The summed E-state index contributed by atoms with van der Waals surface area (Å²) in [5, 5.41) is 12.6. The van der Waals surface area contributed by atoms with Crippen molar-refractivity contribution in [3.05, 3.63) is 167 Å². The molecule has 63 heavy (non-hydrogen) atoms. The molecule has 0 fully saturated rings. The Labute approximate surface area is 392 Å². The minimum Gasteiger partial charge on any atom is -0.507 e. The van der Waals surface area contributed by atoms with Gasteiger partial charge in [0.2, 0.25) is 0 Å². The maximum Gasteiger partial charge on any atom is 0.149 e. The molecule has 320 valence electrons. The van der Waals surface area contributed by atoms with E-state index in [1.165, 1.54) is 6.07 Å². The van der Waals surface area contributed by atoms with Crippen LogP contribution >= 0.6 is 0 Å². The summed E-state index contributed by atoms with van der Waals surface area (Å²) in [4.78, 5) is 10.3. The highest BCUT2D eigenvalue weighted by Gasteiger charge is 2.30. The zero-order valence-electron chi connectivity index (χ0n) is 49.6. The largest absolute Gasteiger partial charge is 0.507 e. The van der Waals surface area contributed by atoms with Crippen molar-refractivity contribution in [1.29, 1.82) is 0 Å². The van der Waals surface area contributed by atoms with E-state index in [1.54, 1.807) is 83.6 Å². The predicted octanol–water partition coefficient (Wildman–Crippen LogP) is 16.0. The molecule has 4 nitrogen and oxygen atoms in total. The van der Waals surface area contributed by atoms with E-state index in [2.05, 4.69) is 53.7 Å². The number of fused-ring (bicyclic) bond motifs is 1. The first-order valence-electron chi connectivity index (χ1n) is 27.4. The van der Waals surface area contributed by atoms with Gasteiger partial charge in [0.15, 0.2) is 0 Å². The molecule has 8 rings (SSSR count). The third kappa shape index (κ3) is 8.61. The van der Waals surface area contributed by atoms with E-state index >= 15 is 0 Å². The molecule has 0 saturated heterocycles. The highest BCUT2D eigenvalue weighted by Crippen LogP contribution is 2.46. The molecular formula is C59H63N3O. The van der Waals surface area contributed by atoms with Crippen LogP contribution in [0.25, 0.3) is 72.7 Å². The van der Waals surface area contributed by atoms with Gasteiger partial charge in [0, 0.05) is 39.3 Å². The molecule has 8 aromatic rings. The number of hydrogen-bond acceptors (Lipinski definition) is 3. The molecule has 0 amide bonds. The number of aromatic nitrogens is 3. The molecule has 0 bridgehead atoms. The predicted molar refractivity (Wildman–Crippen MR) is 267 cm³/mol. The van der Waals surface area contributed by atoms with Crippen molar-refractivity contribution < 1.29 is 21.6 Å². The quantitative estimate of drug-likeness (QED) is 0.181. The van der Waals surface area contributed by atoms with Crippen LogP contribution in [-0.4, -0.2) is 19.6 Å². The van der Waals surface area contributed by atoms with Crippen LogP contribution in [0.5, 0.6) is 5.75 Å². The summed E-state index contributed by atoms with van der Waals surface area (Å²) in [5.41, 5.74) is 3.74. The summed E-state index contributed by atoms with van der Waals surface area (Å²) >= 11 is 0. The van der Waals surface area contributed by atoms with Gasteiger partial charge in [0.25, 0.3) is 0 Å². The number of aryl methyl sites for hydroxylation is 1. The Balaban J connectivity index is 1.51. The summed E-state index contributed by atoms with van der Waals surface area (Å²) in [6.07, 6.45) is 1.71. The molecule has 6 aromatic carbocycles. The van der Waals surface area contributed by atoms with Gasteiger partial charge in [-0.3, -0.25) is 9.55 Å². The maximum absolute atomic E-state index is 12.6. The number of para-hydroxylation sites is 1. The van der Waals surface area contributed by atoms with Crippen molar-refractivity contribution in [3.8, 4) is 67.5 Å². The number of phenols is 1.